The zero-order valence-corrected chi connectivity index (χ0v) is 11.8. The molecule has 17 heavy (non-hydrogen) atoms. The summed E-state index contributed by atoms with van der Waals surface area (Å²) in [7, 11) is 0. The number of likely N-dealkylation sites (tertiary alicyclic amines) is 1. The molecule has 0 saturated carbocycles. The van der Waals surface area contributed by atoms with Crippen molar-refractivity contribution in [2.45, 2.75) is 71.3 Å². The van der Waals surface area contributed by atoms with Crippen molar-refractivity contribution in [2.75, 3.05) is 19.7 Å². The van der Waals surface area contributed by atoms with Crippen molar-refractivity contribution in [3.8, 4) is 0 Å². The molecule has 1 fully saturated rings. The fourth-order valence-corrected chi connectivity index (χ4v) is 2.93. The smallest absolute Gasteiger partial charge is 0.0586 e. The lowest BCUT2D eigenvalue weighted by Crippen LogP contribution is -2.40. The van der Waals surface area contributed by atoms with E-state index in [1.807, 2.05) is 0 Å². The molecule has 2 heteroatoms. The van der Waals surface area contributed by atoms with E-state index >= 15 is 0 Å². The predicted octanol–water partition coefficient (Wildman–Crippen LogP) is 3.44. The molecule has 0 radical (unpaired) electrons. The maximum Gasteiger partial charge on any atom is 0.0586 e. The quantitative estimate of drug-likeness (QED) is 0.738. The highest BCUT2D eigenvalue weighted by atomic mass is 16.3. The molecule has 2 atom stereocenters. The Hall–Kier alpha value is -0.0800. The highest BCUT2D eigenvalue weighted by molar-refractivity contribution is 4.77. The van der Waals surface area contributed by atoms with Crippen molar-refractivity contribution >= 4 is 0 Å². The van der Waals surface area contributed by atoms with Crippen LogP contribution in [0.4, 0.5) is 0 Å². The molecule has 1 aliphatic heterocycles. The molecule has 0 aromatic heterocycles. The van der Waals surface area contributed by atoms with Crippen LogP contribution in [0, 0.1) is 5.92 Å². The lowest BCUT2D eigenvalue weighted by molar-refractivity contribution is 0.105. The lowest BCUT2D eigenvalue weighted by atomic mass is 9.98. The summed E-state index contributed by atoms with van der Waals surface area (Å²) in [5.41, 5.74) is 0. The first kappa shape index (κ1) is 15.0. The summed E-state index contributed by atoms with van der Waals surface area (Å²) in [6.07, 6.45) is 10.5. The summed E-state index contributed by atoms with van der Waals surface area (Å²) in [6, 6.07) is 0.438. The van der Waals surface area contributed by atoms with Gasteiger partial charge in [-0.25, -0.2) is 0 Å². The number of rotatable bonds is 7. The van der Waals surface area contributed by atoms with Crippen LogP contribution in [0.3, 0.4) is 0 Å². The molecule has 1 heterocycles. The van der Waals surface area contributed by atoms with Crippen LogP contribution >= 0.6 is 0 Å². The van der Waals surface area contributed by atoms with Crippen molar-refractivity contribution in [1.29, 1.82) is 0 Å². The third-order valence-corrected chi connectivity index (χ3v) is 4.25. The Kier molecular flexibility index (Phi) is 7.87. The molecule has 0 bridgehead atoms. The second-order valence-electron chi connectivity index (χ2n) is 5.60. The molecule has 0 amide bonds. The van der Waals surface area contributed by atoms with E-state index in [1.54, 1.807) is 0 Å². The normalized spacial score (nSPS) is 24.5. The van der Waals surface area contributed by atoms with E-state index in [2.05, 4.69) is 18.7 Å². The number of aliphatic hydroxyl groups excluding tert-OH is 1. The molecule has 0 aromatic carbocycles. The maximum atomic E-state index is 9.51. The summed E-state index contributed by atoms with van der Waals surface area (Å²) in [5.74, 6) is 0.835. The molecule has 1 aliphatic rings. The van der Waals surface area contributed by atoms with Gasteiger partial charge in [0.15, 0.2) is 0 Å². The van der Waals surface area contributed by atoms with Gasteiger partial charge < -0.3 is 5.11 Å². The van der Waals surface area contributed by atoms with Gasteiger partial charge in [0.1, 0.15) is 0 Å². The van der Waals surface area contributed by atoms with Crippen LogP contribution in [0.5, 0.6) is 0 Å². The van der Waals surface area contributed by atoms with Gasteiger partial charge in [0.2, 0.25) is 0 Å². The molecule has 1 saturated heterocycles. The average Bonchev–Trinajstić information content (AvgIpc) is 2.59. The van der Waals surface area contributed by atoms with Crippen LogP contribution in [0.2, 0.25) is 0 Å². The Morgan fingerprint density at radius 2 is 2.06 bits per heavy atom. The van der Waals surface area contributed by atoms with Gasteiger partial charge in [0.05, 0.1) is 6.61 Å². The summed E-state index contributed by atoms with van der Waals surface area (Å²) in [6.45, 7) is 7.35. The lowest BCUT2D eigenvalue weighted by Gasteiger charge is -2.31. The number of nitrogens with zero attached hydrogens (tertiary/aromatic N) is 1. The Balaban J connectivity index is 2.43. The van der Waals surface area contributed by atoms with Crippen molar-refractivity contribution < 1.29 is 5.11 Å². The fraction of sp³-hybridized carbons (Fsp3) is 1.00. The van der Waals surface area contributed by atoms with Gasteiger partial charge in [-0.1, -0.05) is 46.0 Å². The maximum absolute atomic E-state index is 9.51. The average molecular weight is 241 g/mol. The van der Waals surface area contributed by atoms with Gasteiger partial charge in [-0.3, -0.25) is 4.90 Å². The van der Waals surface area contributed by atoms with E-state index in [4.69, 9.17) is 0 Å². The van der Waals surface area contributed by atoms with Gasteiger partial charge in [0.25, 0.3) is 0 Å². The first-order valence-electron chi connectivity index (χ1n) is 7.66. The highest BCUT2D eigenvalue weighted by Crippen LogP contribution is 2.21. The fourth-order valence-electron chi connectivity index (χ4n) is 2.93. The zero-order valence-electron chi connectivity index (χ0n) is 11.8. The van der Waals surface area contributed by atoms with Crippen molar-refractivity contribution in [1.82, 2.24) is 4.90 Å². The molecule has 0 spiro atoms. The molecule has 1 N–H and O–H groups in total. The molecule has 0 aliphatic carbocycles. The topological polar surface area (TPSA) is 23.5 Å². The van der Waals surface area contributed by atoms with E-state index < -0.39 is 0 Å². The second kappa shape index (κ2) is 8.93. The van der Waals surface area contributed by atoms with E-state index in [1.165, 1.54) is 64.5 Å². The third-order valence-electron chi connectivity index (χ3n) is 4.25. The summed E-state index contributed by atoms with van der Waals surface area (Å²) >= 11 is 0. The van der Waals surface area contributed by atoms with Gasteiger partial charge in [-0.15, -0.1) is 0 Å². The van der Waals surface area contributed by atoms with Crippen LogP contribution < -0.4 is 0 Å². The van der Waals surface area contributed by atoms with Gasteiger partial charge in [-0.05, 0) is 31.7 Å². The molecular formula is C15H31NO. The van der Waals surface area contributed by atoms with Gasteiger partial charge in [0, 0.05) is 12.6 Å². The third kappa shape index (κ3) is 5.39. The molecule has 2 unspecified atom stereocenters. The molecule has 1 rings (SSSR count). The Bertz CT molecular complexity index is 184. The van der Waals surface area contributed by atoms with E-state index in [0.717, 1.165) is 5.92 Å². The summed E-state index contributed by atoms with van der Waals surface area (Å²) in [4.78, 5) is 2.57. The zero-order chi connectivity index (χ0) is 12.5. The standard InChI is InChI=1S/C15H31NO/c1-3-5-9-14(4-2)12-16-11-8-6-7-10-15(16)13-17/h14-15,17H,3-13H2,1-2H3. The number of aliphatic hydroxyl groups is 1. The SMILES string of the molecule is CCCCC(CC)CN1CCCCCC1CO. The summed E-state index contributed by atoms with van der Waals surface area (Å²) < 4.78 is 0. The molecular weight excluding hydrogens is 210 g/mol. The van der Waals surface area contributed by atoms with Gasteiger partial charge in [-0.2, -0.15) is 0 Å². The van der Waals surface area contributed by atoms with E-state index in [-0.39, 0.29) is 0 Å². The van der Waals surface area contributed by atoms with Crippen LogP contribution in [-0.2, 0) is 0 Å². The molecule has 2 nitrogen and oxygen atoms in total. The Morgan fingerprint density at radius 1 is 1.24 bits per heavy atom. The van der Waals surface area contributed by atoms with Crippen molar-refractivity contribution in [2.24, 2.45) is 5.92 Å². The number of unbranched alkanes of at least 4 members (excludes halogenated alkanes) is 1. The number of hydrogen-bond donors (Lipinski definition) is 1. The monoisotopic (exact) mass is 241 g/mol. The van der Waals surface area contributed by atoms with Crippen LogP contribution in [0.1, 0.15) is 65.2 Å². The van der Waals surface area contributed by atoms with E-state index in [0.29, 0.717) is 12.6 Å². The van der Waals surface area contributed by atoms with Crippen molar-refractivity contribution in [3.05, 3.63) is 0 Å². The minimum atomic E-state index is 0.351. The minimum absolute atomic E-state index is 0.351. The Morgan fingerprint density at radius 3 is 2.71 bits per heavy atom. The molecule has 102 valence electrons. The van der Waals surface area contributed by atoms with Gasteiger partial charge >= 0.3 is 0 Å². The Labute approximate surface area is 107 Å². The van der Waals surface area contributed by atoms with Crippen LogP contribution in [0.15, 0.2) is 0 Å². The first-order valence-corrected chi connectivity index (χ1v) is 7.66. The van der Waals surface area contributed by atoms with Crippen molar-refractivity contribution in [3.63, 3.8) is 0 Å². The predicted molar refractivity (Wildman–Crippen MR) is 74.2 cm³/mol. The van der Waals surface area contributed by atoms with Crippen LogP contribution in [0.25, 0.3) is 0 Å². The second-order valence-corrected chi connectivity index (χ2v) is 5.60. The molecule has 0 aromatic rings. The highest BCUT2D eigenvalue weighted by Gasteiger charge is 2.22. The largest absolute Gasteiger partial charge is 0.395 e. The number of hydrogen-bond acceptors (Lipinski definition) is 2. The summed E-state index contributed by atoms with van der Waals surface area (Å²) in [5, 5.41) is 9.51. The van der Waals surface area contributed by atoms with E-state index in [9.17, 15) is 5.11 Å². The minimum Gasteiger partial charge on any atom is -0.395 e. The van der Waals surface area contributed by atoms with Crippen LogP contribution in [-0.4, -0.2) is 35.7 Å². The first-order chi connectivity index (χ1) is 8.31.